The van der Waals surface area contributed by atoms with Crippen molar-refractivity contribution in [3.05, 3.63) is 12.7 Å². The molecule has 6 N–H and O–H groups in total. The third kappa shape index (κ3) is 1.54. The first-order chi connectivity index (χ1) is 11.6. The Hall–Kier alpha value is -2.34. The van der Waals surface area contributed by atoms with Crippen LogP contribution in [-0.4, -0.2) is 69.3 Å². The number of nitrogens with two attached hydrogens (primary N) is 1. The van der Waals surface area contributed by atoms with Crippen LogP contribution in [0, 0.1) is 5.41 Å². The summed E-state index contributed by atoms with van der Waals surface area (Å²) in [5.74, 6) is -1.44. The van der Waals surface area contributed by atoms with E-state index in [4.69, 9.17) is 15.6 Å². The SMILES string of the molecule is CC1(C)[C@]2(O)[C@@H](C(O)C(=O)O)O[C@@H](n3cnc4c(N)ncnc43)[C@]12O. The second kappa shape index (κ2) is 4.43. The Bertz CT molecular complexity index is 899. The first kappa shape index (κ1) is 16.1. The number of carbonyl (C=O) groups is 1. The lowest BCUT2D eigenvalue weighted by Crippen LogP contribution is -2.46. The van der Waals surface area contributed by atoms with Crippen molar-refractivity contribution in [2.45, 2.75) is 43.5 Å². The van der Waals surface area contributed by atoms with Gasteiger partial charge in [-0.2, -0.15) is 0 Å². The summed E-state index contributed by atoms with van der Waals surface area (Å²) in [7, 11) is 0. The average Bonchev–Trinajstić information content (AvgIpc) is 2.93. The van der Waals surface area contributed by atoms with E-state index in [1.165, 1.54) is 17.2 Å². The highest BCUT2D eigenvalue weighted by atomic mass is 16.6. The van der Waals surface area contributed by atoms with Crippen LogP contribution >= 0.6 is 0 Å². The van der Waals surface area contributed by atoms with Crippen molar-refractivity contribution in [1.29, 1.82) is 0 Å². The molecule has 2 fully saturated rings. The molecule has 4 rings (SSSR count). The molecule has 2 aromatic heterocycles. The molecule has 5 atom stereocenters. The van der Waals surface area contributed by atoms with E-state index in [1.807, 2.05) is 0 Å². The highest BCUT2D eigenvalue weighted by Gasteiger charge is 2.93. The standard InChI is InChI=1S/C14H17N5O6/c1-12(2)13(23)7(6(20)10(21)22)25-11(14(12,13)24)19-4-18-5-8(15)16-3-17-9(5)19/h3-4,6-7,11,20,23-24H,1-2H3,(H,21,22)(H2,15,16,17)/t6?,7-,11-,13-,14+/m1/s1. The number of nitrogens with zero attached hydrogens (tertiary/aromatic N) is 4. The van der Waals surface area contributed by atoms with Crippen molar-refractivity contribution in [1.82, 2.24) is 19.5 Å². The maximum absolute atomic E-state index is 11.2. The molecule has 1 saturated carbocycles. The number of carboxylic acid groups (broad SMARTS) is 1. The van der Waals surface area contributed by atoms with Gasteiger partial charge in [0.2, 0.25) is 0 Å². The van der Waals surface area contributed by atoms with Gasteiger partial charge >= 0.3 is 5.97 Å². The maximum atomic E-state index is 11.2. The van der Waals surface area contributed by atoms with Gasteiger partial charge in [-0.3, -0.25) is 4.57 Å². The number of hydrogen-bond acceptors (Lipinski definition) is 9. The molecule has 1 saturated heterocycles. The molecule has 0 radical (unpaired) electrons. The number of aromatic nitrogens is 4. The number of anilines is 1. The van der Waals surface area contributed by atoms with E-state index >= 15 is 0 Å². The number of imidazole rings is 1. The van der Waals surface area contributed by atoms with Gasteiger partial charge in [-0.25, -0.2) is 19.7 Å². The summed E-state index contributed by atoms with van der Waals surface area (Å²) >= 11 is 0. The van der Waals surface area contributed by atoms with E-state index in [-0.39, 0.29) is 17.0 Å². The monoisotopic (exact) mass is 351 g/mol. The Morgan fingerprint density at radius 2 is 2.00 bits per heavy atom. The second-order valence-corrected chi connectivity index (χ2v) is 6.93. The number of rotatable bonds is 3. The number of aliphatic hydroxyl groups is 3. The topological polar surface area (TPSA) is 177 Å². The van der Waals surface area contributed by atoms with Crippen LogP contribution in [-0.2, 0) is 9.53 Å². The van der Waals surface area contributed by atoms with Crippen LogP contribution in [0.2, 0.25) is 0 Å². The number of hydrogen-bond donors (Lipinski definition) is 5. The van der Waals surface area contributed by atoms with Gasteiger partial charge in [0, 0.05) is 5.41 Å². The number of nitrogen functional groups attached to an aromatic ring is 1. The second-order valence-electron chi connectivity index (χ2n) is 6.93. The van der Waals surface area contributed by atoms with Crippen LogP contribution in [0.4, 0.5) is 5.82 Å². The highest BCUT2D eigenvalue weighted by molar-refractivity contribution is 5.81. The molecular weight excluding hydrogens is 334 g/mol. The van der Waals surface area contributed by atoms with Gasteiger partial charge in [-0.1, -0.05) is 13.8 Å². The minimum absolute atomic E-state index is 0.126. The van der Waals surface area contributed by atoms with Crippen LogP contribution in [0.3, 0.4) is 0 Å². The molecule has 0 aromatic carbocycles. The zero-order valence-corrected chi connectivity index (χ0v) is 13.4. The van der Waals surface area contributed by atoms with E-state index in [9.17, 15) is 20.1 Å². The lowest BCUT2D eigenvalue weighted by molar-refractivity contribution is -0.174. The van der Waals surface area contributed by atoms with Gasteiger partial charge in [0.15, 0.2) is 23.8 Å². The van der Waals surface area contributed by atoms with Crippen LogP contribution in [0.1, 0.15) is 20.1 Å². The van der Waals surface area contributed by atoms with Crippen molar-refractivity contribution < 1.29 is 30.0 Å². The predicted molar refractivity (Wildman–Crippen MR) is 81.0 cm³/mol. The Labute approximate surface area is 140 Å². The van der Waals surface area contributed by atoms with E-state index in [2.05, 4.69) is 15.0 Å². The Morgan fingerprint density at radius 3 is 2.64 bits per heavy atom. The van der Waals surface area contributed by atoms with Gasteiger partial charge in [-0.15, -0.1) is 0 Å². The molecule has 25 heavy (non-hydrogen) atoms. The van der Waals surface area contributed by atoms with Crippen molar-refractivity contribution >= 4 is 23.0 Å². The molecule has 3 heterocycles. The van der Waals surface area contributed by atoms with Crippen LogP contribution in [0.25, 0.3) is 11.2 Å². The van der Waals surface area contributed by atoms with E-state index < -0.39 is 41.0 Å². The van der Waals surface area contributed by atoms with Crippen LogP contribution in [0.5, 0.6) is 0 Å². The lowest BCUT2D eigenvalue weighted by Gasteiger charge is -2.28. The largest absolute Gasteiger partial charge is 0.479 e. The first-order valence-electron chi connectivity index (χ1n) is 7.53. The van der Waals surface area contributed by atoms with E-state index in [1.54, 1.807) is 13.8 Å². The molecule has 2 aliphatic rings. The van der Waals surface area contributed by atoms with Crippen LogP contribution < -0.4 is 5.73 Å². The van der Waals surface area contributed by atoms with E-state index in [0.29, 0.717) is 0 Å². The molecule has 0 bridgehead atoms. The van der Waals surface area contributed by atoms with Gasteiger partial charge < -0.3 is 30.9 Å². The Morgan fingerprint density at radius 1 is 1.32 bits per heavy atom. The van der Waals surface area contributed by atoms with Gasteiger partial charge in [0.05, 0.1) is 6.33 Å². The number of carboxylic acids is 1. The van der Waals surface area contributed by atoms with E-state index in [0.717, 1.165) is 0 Å². The molecule has 0 amide bonds. The highest BCUT2D eigenvalue weighted by Crippen LogP contribution is 2.75. The fourth-order valence-electron chi connectivity index (χ4n) is 4.04. The molecular formula is C14H17N5O6. The Kier molecular flexibility index (Phi) is 2.86. The van der Waals surface area contributed by atoms with Gasteiger partial charge in [0.25, 0.3) is 0 Å². The fourth-order valence-corrected chi connectivity index (χ4v) is 4.04. The smallest absolute Gasteiger partial charge is 0.335 e. The van der Waals surface area contributed by atoms with Gasteiger partial charge in [0.1, 0.15) is 29.2 Å². The van der Waals surface area contributed by atoms with Crippen molar-refractivity contribution in [3.8, 4) is 0 Å². The number of ether oxygens (including phenoxy) is 1. The van der Waals surface area contributed by atoms with Crippen molar-refractivity contribution in [3.63, 3.8) is 0 Å². The summed E-state index contributed by atoms with van der Waals surface area (Å²) in [4.78, 5) is 23.1. The number of aliphatic hydroxyl groups excluding tert-OH is 1. The third-order valence-electron chi connectivity index (χ3n) is 5.65. The third-order valence-corrected chi connectivity index (χ3v) is 5.65. The normalized spacial score (nSPS) is 37.0. The number of fused-ring (bicyclic) bond motifs is 2. The summed E-state index contributed by atoms with van der Waals surface area (Å²) in [6, 6.07) is 0. The zero-order chi connectivity index (χ0) is 18.4. The predicted octanol–water partition coefficient (Wildman–Crippen LogP) is -1.75. The molecule has 134 valence electrons. The van der Waals surface area contributed by atoms with Crippen molar-refractivity contribution in [2.24, 2.45) is 5.41 Å². The Balaban J connectivity index is 1.86. The molecule has 0 spiro atoms. The minimum atomic E-state index is -2.02. The van der Waals surface area contributed by atoms with Gasteiger partial charge in [-0.05, 0) is 0 Å². The number of aliphatic carboxylic acids is 1. The molecule has 2 aromatic rings. The maximum Gasteiger partial charge on any atom is 0.335 e. The van der Waals surface area contributed by atoms with Crippen LogP contribution in [0.15, 0.2) is 12.7 Å². The quantitative estimate of drug-likeness (QED) is 0.426. The first-order valence-corrected chi connectivity index (χ1v) is 7.53. The summed E-state index contributed by atoms with van der Waals surface area (Å²) in [5.41, 5.74) is 1.32. The molecule has 11 heteroatoms. The summed E-state index contributed by atoms with van der Waals surface area (Å²) in [6.45, 7) is 3.12. The summed E-state index contributed by atoms with van der Waals surface area (Å²) < 4.78 is 6.92. The molecule has 11 nitrogen and oxygen atoms in total. The molecule has 1 aliphatic carbocycles. The molecule has 1 aliphatic heterocycles. The minimum Gasteiger partial charge on any atom is -0.479 e. The fraction of sp³-hybridized carbons (Fsp3) is 0.571. The molecule has 1 unspecified atom stereocenters. The lowest BCUT2D eigenvalue weighted by atomic mass is 9.97. The average molecular weight is 351 g/mol. The van der Waals surface area contributed by atoms with Crippen molar-refractivity contribution in [2.75, 3.05) is 5.73 Å². The zero-order valence-electron chi connectivity index (χ0n) is 13.4. The summed E-state index contributed by atoms with van der Waals surface area (Å²) in [6.07, 6.45) is -2.25. The summed E-state index contributed by atoms with van der Waals surface area (Å²) in [5, 5.41) is 41.1.